The van der Waals surface area contributed by atoms with Crippen LogP contribution in [0, 0.1) is 6.92 Å². The number of hydrogen-bond donors (Lipinski definition) is 1. The van der Waals surface area contributed by atoms with Crippen LogP contribution in [0.4, 0.5) is 0 Å². The summed E-state index contributed by atoms with van der Waals surface area (Å²) in [5.41, 5.74) is 7.03. The first-order valence-electron chi connectivity index (χ1n) is 7.35. The third-order valence-corrected chi connectivity index (χ3v) is 4.40. The third kappa shape index (κ3) is 3.16. The summed E-state index contributed by atoms with van der Waals surface area (Å²) < 4.78 is 5.13. The van der Waals surface area contributed by atoms with Gasteiger partial charge in [0.05, 0.1) is 5.69 Å². The van der Waals surface area contributed by atoms with Gasteiger partial charge in [-0.15, -0.1) is 0 Å². The minimum absolute atomic E-state index is 0.423. The Morgan fingerprint density at radius 2 is 2.11 bits per heavy atom. The highest BCUT2D eigenvalue weighted by molar-refractivity contribution is 5.04. The van der Waals surface area contributed by atoms with Crippen molar-refractivity contribution in [1.82, 2.24) is 15.0 Å². The van der Waals surface area contributed by atoms with Gasteiger partial charge >= 0.3 is 0 Å². The summed E-state index contributed by atoms with van der Waals surface area (Å²) in [6.07, 6.45) is 3.57. The molecule has 1 aromatic rings. The maximum atomic E-state index is 5.97. The van der Waals surface area contributed by atoms with Crippen LogP contribution in [-0.2, 0) is 6.54 Å². The van der Waals surface area contributed by atoms with E-state index < -0.39 is 0 Å². The summed E-state index contributed by atoms with van der Waals surface area (Å²) >= 11 is 0. The van der Waals surface area contributed by atoms with Crippen LogP contribution in [-0.4, -0.2) is 53.2 Å². The fraction of sp³-hybridized carbons (Fsp3) is 0.786. The van der Waals surface area contributed by atoms with E-state index in [0.717, 1.165) is 37.4 Å². The normalized spacial score (nSPS) is 27.2. The van der Waals surface area contributed by atoms with E-state index in [-0.39, 0.29) is 0 Å². The molecular weight excluding hydrogens is 240 g/mol. The molecule has 106 valence electrons. The Balaban J connectivity index is 1.50. The highest BCUT2D eigenvalue weighted by Gasteiger charge is 2.29. The van der Waals surface area contributed by atoms with E-state index in [1.54, 1.807) is 0 Å². The van der Waals surface area contributed by atoms with E-state index >= 15 is 0 Å². The summed E-state index contributed by atoms with van der Waals surface area (Å²) in [6, 6.07) is 3.17. The number of aromatic nitrogens is 1. The lowest BCUT2D eigenvalue weighted by Gasteiger charge is -2.34. The average molecular weight is 264 g/mol. The Labute approximate surface area is 114 Å². The average Bonchev–Trinajstić information content (AvgIpc) is 3.00. The van der Waals surface area contributed by atoms with Gasteiger partial charge < -0.3 is 10.3 Å². The van der Waals surface area contributed by atoms with Gasteiger partial charge in [-0.1, -0.05) is 5.16 Å². The second-order valence-corrected chi connectivity index (χ2v) is 5.98. The molecule has 2 saturated heterocycles. The molecule has 0 radical (unpaired) electrons. The van der Waals surface area contributed by atoms with Gasteiger partial charge in [-0.05, 0) is 39.3 Å². The smallest absolute Gasteiger partial charge is 0.133 e. The van der Waals surface area contributed by atoms with Crippen molar-refractivity contribution in [3.63, 3.8) is 0 Å². The zero-order valence-electron chi connectivity index (χ0n) is 11.7. The maximum absolute atomic E-state index is 5.97. The number of aryl methyl sites for hydroxylation is 1. The summed E-state index contributed by atoms with van der Waals surface area (Å²) in [5.74, 6) is 0.899. The van der Waals surface area contributed by atoms with Crippen LogP contribution >= 0.6 is 0 Å². The van der Waals surface area contributed by atoms with Gasteiger partial charge in [0.2, 0.25) is 0 Å². The fourth-order valence-corrected chi connectivity index (χ4v) is 3.26. The number of piperidine rings is 1. The maximum Gasteiger partial charge on any atom is 0.133 e. The molecule has 0 bridgehead atoms. The Bertz CT molecular complexity index is 411. The molecule has 3 rings (SSSR count). The zero-order chi connectivity index (χ0) is 13.2. The van der Waals surface area contributed by atoms with E-state index in [0.29, 0.717) is 12.1 Å². The van der Waals surface area contributed by atoms with Crippen molar-refractivity contribution in [1.29, 1.82) is 0 Å². The molecule has 2 fully saturated rings. The number of hydrogen-bond acceptors (Lipinski definition) is 5. The van der Waals surface area contributed by atoms with Crippen LogP contribution in [0.5, 0.6) is 0 Å². The lowest BCUT2D eigenvalue weighted by molar-refractivity contribution is 0.151. The molecule has 1 aromatic heterocycles. The SMILES string of the molecule is Cc1cc(CN2CCC(N3CCC(N)CC3)C2)no1. The molecule has 19 heavy (non-hydrogen) atoms. The van der Waals surface area contributed by atoms with Crippen molar-refractivity contribution in [3.8, 4) is 0 Å². The highest BCUT2D eigenvalue weighted by atomic mass is 16.5. The Kier molecular flexibility index (Phi) is 3.86. The van der Waals surface area contributed by atoms with Crippen LogP contribution in [0.25, 0.3) is 0 Å². The summed E-state index contributed by atoms with van der Waals surface area (Å²) in [6.45, 7) is 7.52. The molecule has 0 spiro atoms. The standard InChI is InChI=1S/C14H24N4O/c1-11-8-13(16-19-11)9-17-5-4-14(10-17)18-6-2-12(15)3-7-18/h8,12,14H,2-7,9-10,15H2,1H3. The second-order valence-electron chi connectivity index (χ2n) is 5.98. The first-order valence-corrected chi connectivity index (χ1v) is 7.35. The minimum Gasteiger partial charge on any atom is -0.361 e. The predicted octanol–water partition coefficient (Wildman–Crippen LogP) is 0.980. The summed E-state index contributed by atoms with van der Waals surface area (Å²) in [5, 5.41) is 4.08. The summed E-state index contributed by atoms with van der Waals surface area (Å²) in [7, 11) is 0. The first kappa shape index (κ1) is 13.1. The monoisotopic (exact) mass is 264 g/mol. The van der Waals surface area contributed by atoms with Gasteiger partial charge in [0, 0.05) is 37.8 Å². The molecule has 0 saturated carbocycles. The lowest BCUT2D eigenvalue weighted by Crippen LogP contribution is -2.46. The predicted molar refractivity (Wildman–Crippen MR) is 73.7 cm³/mol. The van der Waals surface area contributed by atoms with Gasteiger partial charge in [-0.3, -0.25) is 9.80 Å². The Morgan fingerprint density at radius 1 is 1.32 bits per heavy atom. The summed E-state index contributed by atoms with van der Waals surface area (Å²) in [4.78, 5) is 5.11. The van der Waals surface area contributed by atoms with E-state index in [1.807, 2.05) is 13.0 Å². The number of rotatable bonds is 3. The molecule has 2 aliphatic heterocycles. The molecular formula is C14H24N4O. The van der Waals surface area contributed by atoms with Crippen LogP contribution in [0.3, 0.4) is 0 Å². The van der Waals surface area contributed by atoms with Gasteiger partial charge in [-0.25, -0.2) is 0 Å². The van der Waals surface area contributed by atoms with Gasteiger partial charge in [0.15, 0.2) is 0 Å². The highest BCUT2D eigenvalue weighted by Crippen LogP contribution is 2.21. The van der Waals surface area contributed by atoms with Crippen LogP contribution in [0.15, 0.2) is 10.6 Å². The minimum atomic E-state index is 0.423. The number of likely N-dealkylation sites (tertiary alicyclic amines) is 2. The van der Waals surface area contributed by atoms with E-state index in [2.05, 4.69) is 15.0 Å². The van der Waals surface area contributed by atoms with Gasteiger partial charge in [0.1, 0.15) is 5.76 Å². The second kappa shape index (κ2) is 5.61. The van der Waals surface area contributed by atoms with Crippen molar-refractivity contribution >= 4 is 0 Å². The molecule has 0 aliphatic carbocycles. The molecule has 1 unspecified atom stereocenters. The van der Waals surface area contributed by atoms with Crippen molar-refractivity contribution in [2.24, 2.45) is 5.73 Å². The van der Waals surface area contributed by atoms with Crippen LogP contribution in [0.2, 0.25) is 0 Å². The van der Waals surface area contributed by atoms with E-state index in [4.69, 9.17) is 10.3 Å². The molecule has 1 atom stereocenters. The van der Waals surface area contributed by atoms with Gasteiger partial charge in [0.25, 0.3) is 0 Å². The molecule has 2 N–H and O–H groups in total. The molecule has 0 aromatic carbocycles. The first-order chi connectivity index (χ1) is 9.20. The largest absolute Gasteiger partial charge is 0.361 e. The van der Waals surface area contributed by atoms with Crippen LogP contribution < -0.4 is 5.73 Å². The van der Waals surface area contributed by atoms with Crippen molar-refractivity contribution in [3.05, 3.63) is 17.5 Å². The van der Waals surface area contributed by atoms with Crippen LogP contribution in [0.1, 0.15) is 30.7 Å². The molecule has 0 amide bonds. The molecule has 2 aliphatic rings. The fourth-order valence-electron chi connectivity index (χ4n) is 3.26. The van der Waals surface area contributed by atoms with Gasteiger partial charge in [-0.2, -0.15) is 0 Å². The van der Waals surface area contributed by atoms with E-state index in [9.17, 15) is 0 Å². The Morgan fingerprint density at radius 3 is 2.79 bits per heavy atom. The molecule has 5 heteroatoms. The van der Waals surface area contributed by atoms with E-state index in [1.165, 1.54) is 26.1 Å². The van der Waals surface area contributed by atoms with Crippen molar-refractivity contribution in [2.45, 2.75) is 44.8 Å². The molecule has 5 nitrogen and oxygen atoms in total. The molecule has 3 heterocycles. The number of nitrogens with zero attached hydrogens (tertiary/aromatic N) is 3. The van der Waals surface area contributed by atoms with Crippen molar-refractivity contribution < 1.29 is 4.52 Å². The lowest BCUT2D eigenvalue weighted by atomic mass is 10.0. The zero-order valence-corrected chi connectivity index (χ0v) is 11.7. The Hall–Kier alpha value is -0.910. The quantitative estimate of drug-likeness (QED) is 0.882. The third-order valence-electron chi connectivity index (χ3n) is 4.40. The van der Waals surface area contributed by atoms with Crippen molar-refractivity contribution in [2.75, 3.05) is 26.2 Å². The topological polar surface area (TPSA) is 58.5 Å². The number of nitrogens with two attached hydrogens (primary N) is 1.